The highest BCUT2D eigenvalue weighted by Crippen LogP contribution is 2.25. The lowest BCUT2D eigenvalue weighted by atomic mass is 9.97. The third-order valence-electron chi connectivity index (χ3n) is 2.79. The summed E-state index contributed by atoms with van der Waals surface area (Å²) < 4.78 is 13.9. The monoisotopic (exact) mass is 241 g/mol. The molecule has 0 spiro atoms. The Labute approximate surface area is 102 Å². The minimum Gasteiger partial charge on any atom is -0.313 e. The van der Waals surface area contributed by atoms with Gasteiger partial charge in [-0.1, -0.05) is 6.07 Å². The molecule has 0 radical (unpaired) electrons. The van der Waals surface area contributed by atoms with Gasteiger partial charge in [0.05, 0.1) is 0 Å². The van der Waals surface area contributed by atoms with Crippen LogP contribution in [0.1, 0.15) is 29.2 Å². The molecular formula is C13H20FNS. The summed E-state index contributed by atoms with van der Waals surface area (Å²) in [6.07, 6.45) is 3.03. The number of benzene rings is 1. The Morgan fingerprint density at radius 2 is 2.06 bits per heavy atom. The largest absolute Gasteiger partial charge is 0.313 e. The van der Waals surface area contributed by atoms with Crippen LogP contribution in [0.4, 0.5) is 4.39 Å². The van der Waals surface area contributed by atoms with Crippen LogP contribution >= 0.6 is 11.8 Å². The summed E-state index contributed by atoms with van der Waals surface area (Å²) in [4.78, 5) is 0. The van der Waals surface area contributed by atoms with Gasteiger partial charge in [-0.2, -0.15) is 11.8 Å². The highest BCUT2D eigenvalue weighted by atomic mass is 32.2. The number of hydrogen-bond acceptors (Lipinski definition) is 2. The maximum atomic E-state index is 13.9. The first-order valence-electron chi connectivity index (χ1n) is 5.53. The van der Waals surface area contributed by atoms with Crippen molar-refractivity contribution in [1.82, 2.24) is 5.32 Å². The van der Waals surface area contributed by atoms with Gasteiger partial charge in [0.1, 0.15) is 5.82 Å². The smallest absolute Gasteiger partial charge is 0.128 e. The maximum absolute atomic E-state index is 13.9. The Bertz CT molecular complexity index is 329. The predicted molar refractivity (Wildman–Crippen MR) is 70.7 cm³/mol. The zero-order chi connectivity index (χ0) is 12.1. The highest BCUT2D eigenvalue weighted by Gasteiger charge is 2.16. The summed E-state index contributed by atoms with van der Waals surface area (Å²) in [6, 6.07) is 3.78. The second-order valence-electron chi connectivity index (χ2n) is 4.10. The lowest BCUT2D eigenvalue weighted by molar-refractivity contribution is 0.524. The van der Waals surface area contributed by atoms with Gasteiger partial charge in [-0.15, -0.1) is 0 Å². The molecule has 1 unspecified atom stereocenters. The second kappa shape index (κ2) is 6.26. The number of thioether (sulfide) groups is 1. The number of hydrogen-bond donors (Lipinski definition) is 1. The molecule has 0 amide bonds. The molecule has 0 bridgehead atoms. The van der Waals surface area contributed by atoms with Gasteiger partial charge in [0.25, 0.3) is 0 Å². The summed E-state index contributed by atoms with van der Waals surface area (Å²) in [5.74, 6) is 0.955. The van der Waals surface area contributed by atoms with Gasteiger partial charge in [-0.25, -0.2) is 4.39 Å². The van der Waals surface area contributed by atoms with E-state index in [2.05, 4.69) is 11.6 Å². The third-order valence-corrected chi connectivity index (χ3v) is 3.43. The average molecular weight is 241 g/mol. The van der Waals surface area contributed by atoms with Crippen molar-refractivity contribution in [1.29, 1.82) is 0 Å². The number of rotatable bonds is 5. The van der Waals surface area contributed by atoms with E-state index >= 15 is 0 Å². The van der Waals surface area contributed by atoms with Crippen molar-refractivity contribution in [2.45, 2.75) is 26.3 Å². The van der Waals surface area contributed by atoms with Crippen molar-refractivity contribution in [3.63, 3.8) is 0 Å². The molecule has 0 saturated carbocycles. The molecule has 0 aliphatic carbocycles. The second-order valence-corrected chi connectivity index (χ2v) is 5.09. The Morgan fingerprint density at radius 1 is 1.38 bits per heavy atom. The van der Waals surface area contributed by atoms with Crippen molar-refractivity contribution in [3.05, 3.63) is 34.6 Å². The third kappa shape index (κ3) is 3.22. The first kappa shape index (κ1) is 13.5. The highest BCUT2D eigenvalue weighted by molar-refractivity contribution is 7.98. The molecular weight excluding hydrogens is 221 g/mol. The molecule has 1 aromatic carbocycles. The van der Waals surface area contributed by atoms with Crippen LogP contribution in [0.5, 0.6) is 0 Å². The van der Waals surface area contributed by atoms with E-state index in [1.807, 2.05) is 27.0 Å². The summed E-state index contributed by atoms with van der Waals surface area (Å²) in [5, 5.41) is 3.20. The molecule has 0 aromatic heterocycles. The van der Waals surface area contributed by atoms with Gasteiger partial charge >= 0.3 is 0 Å². The normalized spacial score (nSPS) is 12.8. The molecule has 0 saturated heterocycles. The van der Waals surface area contributed by atoms with Gasteiger partial charge < -0.3 is 5.32 Å². The van der Waals surface area contributed by atoms with Gasteiger partial charge in [0, 0.05) is 11.6 Å². The van der Waals surface area contributed by atoms with Gasteiger partial charge in [-0.05, 0) is 56.5 Å². The van der Waals surface area contributed by atoms with E-state index in [4.69, 9.17) is 0 Å². The standard InChI is InChI=1S/C13H20FNS/c1-9-7-10(2)13(11(14)8-9)12(15-3)5-6-16-4/h7-8,12,15H,5-6H2,1-4H3. The summed E-state index contributed by atoms with van der Waals surface area (Å²) >= 11 is 1.79. The number of halogens is 1. The van der Waals surface area contributed by atoms with Crippen LogP contribution in [0.2, 0.25) is 0 Å². The minimum atomic E-state index is -0.0852. The van der Waals surface area contributed by atoms with E-state index < -0.39 is 0 Å². The molecule has 3 heteroatoms. The lowest BCUT2D eigenvalue weighted by Crippen LogP contribution is -2.19. The van der Waals surface area contributed by atoms with Gasteiger partial charge in [-0.3, -0.25) is 0 Å². The molecule has 1 nitrogen and oxygen atoms in total. The molecule has 1 rings (SSSR count). The Morgan fingerprint density at radius 3 is 2.56 bits per heavy atom. The van der Waals surface area contributed by atoms with E-state index in [-0.39, 0.29) is 11.9 Å². The van der Waals surface area contributed by atoms with Crippen molar-refractivity contribution < 1.29 is 4.39 Å². The quantitative estimate of drug-likeness (QED) is 0.847. The molecule has 1 atom stereocenters. The minimum absolute atomic E-state index is 0.0852. The average Bonchev–Trinajstić information content (AvgIpc) is 2.21. The van der Waals surface area contributed by atoms with E-state index in [0.29, 0.717) is 0 Å². The fraction of sp³-hybridized carbons (Fsp3) is 0.538. The molecule has 90 valence electrons. The fourth-order valence-corrected chi connectivity index (χ4v) is 2.51. The van der Waals surface area contributed by atoms with E-state index in [1.165, 1.54) is 0 Å². The van der Waals surface area contributed by atoms with Crippen molar-refractivity contribution in [2.75, 3.05) is 19.1 Å². The predicted octanol–water partition coefficient (Wildman–Crippen LogP) is 3.46. The van der Waals surface area contributed by atoms with Crippen molar-refractivity contribution in [3.8, 4) is 0 Å². The zero-order valence-electron chi connectivity index (χ0n) is 10.4. The van der Waals surface area contributed by atoms with Crippen LogP contribution in [-0.2, 0) is 0 Å². The Hall–Kier alpha value is -0.540. The molecule has 16 heavy (non-hydrogen) atoms. The van der Waals surface area contributed by atoms with Gasteiger partial charge in [0.15, 0.2) is 0 Å². The molecule has 0 aliphatic rings. The van der Waals surface area contributed by atoms with Gasteiger partial charge in [0.2, 0.25) is 0 Å². The van der Waals surface area contributed by atoms with Crippen molar-refractivity contribution >= 4 is 11.8 Å². The summed E-state index contributed by atoms with van der Waals surface area (Å²) in [6.45, 7) is 3.91. The molecule has 1 aromatic rings. The van der Waals surface area contributed by atoms with Crippen LogP contribution in [0.15, 0.2) is 12.1 Å². The van der Waals surface area contributed by atoms with Crippen LogP contribution in [-0.4, -0.2) is 19.1 Å². The molecule has 0 heterocycles. The molecule has 0 aliphatic heterocycles. The van der Waals surface area contributed by atoms with E-state index in [1.54, 1.807) is 17.8 Å². The first-order valence-corrected chi connectivity index (χ1v) is 6.92. The number of nitrogens with one attached hydrogen (secondary N) is 1. The van der Waals surface area contributed by atoms with Crippen LogP contribution in [0.25, 0.3) is 0 Å². The number of aryl methyl sites for hydroxylation is 2. The summed E-state index contributed by atoms with van der Waals surface area (Å²) in [5.41, 5.74) is 2.85. The van der Waals surface area contributed by atoms with Crippen LogP contribution < -0.4 is 5.32 Å². The van der Waals surface area contributed by atoms with Crippen LogP contribution in [0, 0.1) is 19.7 Å². The zero-order valence-corrected chi connectivity index (χ0v) is 11.2. The van der Waals surface area contributed by atoms with Crippen LogP contribution in [0.3, 0.4) is 0 Å². The first-order chi connectivity index (χ1) is 7.60. The Balaban J connectivity index is 2.99. The fourth-order valence-electron chi connectivity index (χ4n) is 2.04. The SMILES string of the molecule is CNC(CCSC)c1c(C)cc(C)cc1F. The topological polar surface area (TPSA) is 12.0 Å². The lowest BCUT2D eigenvalue weighted by Gasteiger charge is -2.19. The van der Waals surface area contributed by atoms with Crippen molar-refractivity contribution in [2.24, 2.45) is 0 Å². The molecule has 1 N–H and O–H groups in total. The molecule has 0 fully saturated rings. The Kier molecular flexibility index (Phi) is 5.29. The van der Waals surface area contributed by atoms with E-state index in [9.17, 15) is 4.39 Å². The van der Waals surface area contributed by atoms with E-state index in [0.717, 1.165) is 28.9 Å². The maximum Gasteiger partial charge on any atom is 0.128 e. The summed E-state index contributed by atoms with van der Waals surface area (Å²) in [7, 11) is 1.89.